The quantitative estimate of drug-likeness (QED) is 0.797. The van der Waals surface area contributed by atoms with Crippen molar-refractivity contribution in [3.8, 4) is 0 Å². The van der Waals surface area contributed by atoms with Gasteiger partial charge in [0.1, 0.15) is 0 Å². The molecule has 124 valence electrons. The molecule has 0 saturated carbocycles. The number of urea groups is 1. The Balaban J connectivity index is 1.66. The van der Waals surface area contributed by atoms with Crippen molar-refractivity contribution >= 4 is 23.5 Å². The zero-order chi connectivity index (χ0) is 16.7. The van der Waals surface area contributed by atoms with E-state index in [0.29, 0.717) is 13.1 Å². The third-order valence-corrected chi connectivity index (χ3v) is 5.38. The first-order valence-corrected chi connectivity index (χ1v) is 8.59. The van der Waals surface area contributed by atoms with Crippen LogP contribution in [-0.4, -0.2) is 34.5 Å². The van der Waals surface area contributed by atoms with Crippen LogP contribution in [-0.2, 0) is 6.54 Å². The van der Waals surface area contributed by atoms with Crippen LogP contribution in [0.1, 0.15) is 22.6 Å². The molecule has 0 bridgehead atoms. The SMILES string of the molecule is Cc1cccc2c1CN(C(=O)Nc1ccccc1)[C@H]1CN(Cl)C[C@H]21. The predicted molar refractivity (Wildman–Crippen MR) is 96.1 cm³/mol. The molecule has 0 aliphatic carbocycles. The minimum Gasteiger partial charge on any atom is -0.315 e. The molecule has 1 fully saturated rings. The van der Waals surface area contributed by atoms with E-state index in [-0.39, 0.29) is 18.0 Å². The number of amides is 2. The highest BCUT2D eigenvalue weighted by Gasteiger charge is 2.43. The zero-order valence-corrected chi connectivity index (χ0v) is 14.3. The highest BCUT2D eigenvalue weighted by atomic mass is 35.5. The summed E-state index contributed by atoms with van der Waals surface area (Å²) in [5.41, 5.74) is 4.65. The van der Waals surface area contributed by atoms with Gasteiger partial charge in [-0.25, -0.2) is 9.21 Å². The Morgan fingerprint density at radius 2 is 1.92 bits per heavy atom. The van der Waals surface area contributed by atoms with Crippen LogP contribution in [0.2, 0.25) is 0 Å². The maximum absolute atomic E-state index is 12.9. The van der Waals surface area contributed by atoms with E-state index in [1.807, 2.05) is 35.2 Å². The van der Waals surface area contributed by atoms with E-state index in [0.717, 1.165) is 12.2 Å². The van der Waals surface area contributed by atoms with E-state index in [2.05, 4.69) is 30.4 Å². The van der Waals surface area contributed by atoms with E-state index in [1.54, 1.807) is 4.42 Å². The molecule has 0 unspecified atom stereocenters. The zero-order valence-electron chi connectivity index (χ0n) is 13.6. The van der Waals surface area contributed by atoms with E-state index < -0.39 is 0 Å². The summed E-state index contributed by atoms with van der Waals surface area (Å²) in [4.78, 5) is 14.8. The molecule has 2 aromatic rings. The van der Waals surface area contributed by atoms with Crippen molar-refractivity contribution in [1.82, 2.24) is 9.32 Å². The number of aryl methyl sites for hydroxylation is 1. The van der Waals surface area contributed by atoms with Gasteiger partial charge in [-0.15, -0.1) is 0 Å². The molecular weight excluding hydrogens is 322 g/mol. The standard InChI is InChI=1S/C19H20ClN3O/c1-13-6-5-9-15-16(13)11-23(18-12-22(20)10-17(15)18)19(24)21-14-7-3-2-4-8-14/h2-9,17-18H,10-12H2,1H3,(H,21,24)/t17-,18+/m1/s1. The predicted octanol–water partition coefficient (Wildman–Crippen LogP) is 3.96. The largest absolute Gasteiger partial charge is 0.322 e. The first-order chi connectivity index (χ1) is 11.6. The molecule has 4 nitrogen and oxygen atoms in total. The van der Waals surface area contributed by atoms with Crippen molar-refractivity contribution in [3.05, 3.63) is 65.2 Å². The van der Waals surface area contributed by atoms with Gasteiger partial charge in [-0.05, 0) is 47.5 Å². The lowest BCUT2D eigenvalue weighted by Gasteiger charge is -2.39. The van der Waals surface area contributed by atoms with Gasteiger partial charge >= 0.3 is 6.03 Å². The van der Waals surface area contributed by atoms with Crippen LogP contribution in [0.3, 0.4) is 0 Å². The summed E-state index contributed by atoms with van der Waals surface area (Å²) in [7, 11) is 0. The van der Waals surface area contributed by atoms with Crippen LogP contribution in [0.5, 0.6) is 0 Å². The molecule has 24 heavy (non-hydrogen) atoms. The number of hydrogen-bond donors (Lipinski definition) is 1. The van der Waals surface area contributed by atoms with Gasteiger partial charge in [0.15, 0.2) is 0 Å². The van der Waals surface area contributed by atoms with Gasteiger partial charge in [0.2, 0.25) is 0 Å². The summed E-state index contributed by atoms with van der Waals surface area (Å²) < 4.78 is 1.80. The van der Waals surface area contributed by atoms with Gasteiger partial charge in [-0.3, -0.25) is 0 Å². The van der Waals surface area contributed by atoms with Gasteiger partial charge in [0, 0.05) is 31.2 Å². The van der Waals surface area contributed by atoms with Crippen LogP contribution in [0.25, 0.3) is 0 Å². The van der Waals surface area contributed by atoms with Gasteiger partial charge in [-0.2, -0.15) is 0 Å². The Morgan fingerprint density at radius 1 is 1.12 bits per heavy atom. The second kappa shape index (κ2) is 6.11. The van der Waals surface area contributed by atoms with Crippen LogP contribution < -0.4 is 5.32 Å². The average molecular weight is 342 g/mol. The minimum absolute atomic E-state index is 0.0583. The van der Waals surface area contributed by atoms with Crippen molar-refractivity contribution < 1.29 is 4.79 Å². The fraction of sp³-hybridized carbons (Fsp3) is 0.316. The maximum atomic E-state index is 12.9. The van der Waals surface area contributed by atoms with Gasteiger partial charge in [-0.1, -0.05) is 36.4 Å². The molecular formula is C19H20ClN3O. The van der Waals surface area contributed by atoms with Gasteiger partial charge in [0.25, 0.3) is 0 Å². The molecule has 2 heterocycles. The molecule has 0 aromatic heterocycles. The van der Waals surface area contributed by atoms with E-state index in [4.69, 9.17) is 11.8 Å². The number of carbonyl (C=O) groups excluding carboxylic acids is 1. The first-order valence-electron chi connectivity index (χ1n) is 8.25. The van der Waals surface area contributed by atoms with Gasteiger partial charge < -0.3 is 10.2 Å². The number of carbonyl (C=O) groups is 1. The number of halogens is 1. The number of rotatable bonds is 1. The monoisotopic (exact) mass is 341 g/mol. The molecule has 4 rings (SSSR count). The normalized spacial score (nSPS) is 22.8. The number of benzene rings is 2. The van der Waals surface area contributed by atoms with Crippen molar-refractivity contribution in [2.45, 2.75) is 25.4 Å². The molecule has 1 N–H and O–H groups in total. The number of para-hydroxylation sites is 1. The van der Waals surface area contributed by atoms with Crippen molar-refractivity contribution in [2.75, 3.05) is 18.4 Å². The van der Waals surface area contributed by atoms with Crippen LogP contribution in [0, 0.1) is 6.92 Å². The fourth-order valence-electron chi connectivity index (χ4n) is 3.88. The topological polar surface area (TPSA) is 35.6 Å². The smallest absolute Gasteiger partial charge is 0.315 e. The van der Waals surface area contributed by atoms with Crippen molar-refractivity contribution in [2.24, 2.45) is 0 Å². The summed E-state index contributed by atoms with van der Waals surface area (Å²) in [5.74, 6) is 0.271. The Labute approximate surface area is 147 Å². The Bertz CT molecular complexity index is 764. The van der Waals surface area contributed by atoms with Gasteiger partial charge in [0.05, 0.1) is 6.04 Å². The second-order valence-corrected chi connectivity index (χ2v) is 7.05. The summed E-state index contributed by atoms with van der Waals surface area (Å²) in [6.07, 6.45) is 0. The third-order valence-electron chi connectivity index (χ3n) is 5.11. The van der Waals surface area contributed by atoms with E-state index >= 15 is 0 Å². The number of anilines is 1. The molecule has 2 atom stereocenters. The summed E-state index contributed by atoms with van der Waals surface area (Å²) in [5, 5.41) is 3.01. The Hall–Kier alpha value is -2.04. The van der Waals surface area contributed by atoms with Crippen LogP contribution in [0.4, 0.5) is 10.5 Å². The average Bonchev–Trinajstić information content (AvgIpc) is 2.97. The molecule has 2 aliphatic rings. The third kappa shape index (κ3) is 2.66. The minimum atomic E-state index is -0.0583. The highest BCUT2D eigenvalue weighted by molar-refractivity contribution is 6.13. The molecule has 0 radical (unpaired) electrons. The van der Waals surface area contributed by atoms with Crippen molar-refractivity contribution in [1.29, 1.82) is 0 Å². The Morgan fingerprint density at radius 3 is 2.71 bits per heavy atom. The van der Waals surface area contributed by atoms with Crippen molar-refractivity contribution in [3.63, 3.8) is 0 Å². The maximum Gasteiger partial charge on any atom is 0.322 e. The van der Waals surface area contributed by atoms with Crippen LogP contribution >= 0.6 is 11.8 Å². The highest BCUT2D eigenvalue weighted by Crippen LogP contribution is 2.40. The first kappa shape index (κ1) is 15.5. The molecule has 2 amide bonds. The summed E-state index contributed by atoms with van der Waals surface area (Å²) >= 11 is 6.30. The summed E-state index contributed by atoms with van der Waals surface area (Å²) in [6.45, 7) is 4.21. The molecule has 2 aliphatic heterocycles. The number of nitrogens with one attached hydrogen (secondary N) is 1. The number of hydrogen-bond acceptors (Lipinski definition) is 2. The van der Waals surface area contributed by atoms with Crippen LogP contribution in [0.15, 0.2) is 48.5 Å². The van der Waals surface area contributed by atoms with E-state index in [1.165, 1.54) is 16.7 Å². The molecule has 1 saturated heterocycles. The van der Waals surface area contributed by atoms with E-state index in [9.17, 15) is 4.79 Å². The lowest BCUT2D eigenvalue weighted by molar-refractivity contribution is 0.174. The molecule has 0 spiro atoms. The number of fused-ring (bicyclic) bond motifs is 3. The lowest BCUT2D eigenvalue weighted by Crippen LogP contribution is -2.48. The molecule has 5 heteroatoms. The Kier molecular flexibility index (Phi) is 3.94. The fourth-order valence-corrected chi connectivity index (χ4v) is 4.17. The lowest BCUT2D eigenvalue weighted by atomic mass is 9.84. The number of nitrogens with zero attached hydrogens (tertiary/aromatic N) is 2. The summed E-state index contributed by atoms with van der Waals surface area (Å²) in [6, 6.07) is 16.0. The second-order valence-electron chi connectivity index (χ2n) is 6.57. The molecule has 2 aromatic carbocycles.